The molecule has 0 saturated carbocycles. The molecule has 2 aliphatic heterocycles. The van der Waals surface area contributed by atoms with Gasteiger partial charge in [0.2, 0.25) is 0 Å². The van der Waals surface area contributed by atoms with E-state index in [-0.39, 0.29) is 6.04 Å². The van der Waals surface area contributed by atoms with Crippen molar-refractivity contribution in [3.8, 4) is 11.4 Å². The summed E-state index contributed by atoms with van der Waals surface area (Å²) in [6.07, 6.45) is 10.0. The molecule has 0 aliphatic carbocycles. The molecule has 0 bridgehead atoms. The molecule has 3 aromatic rings. The highest BCUT2D eigenvalue weighted by molar-refractivity contribution is 6.02. The number of fused-ring (bicyclic) bond motifs is 1. The Hall–Kier alpha value is -3.53. The van der Waals surface area contributed by atoms with Gasteiger partial charge in [-0.3, -0.25) is 15.0 Å². The Kier molecular flexibility index (Phi) is 4.55. The van der Waals surface area contributed by atoms with Gasteiger partial charge in [-0.15, -0.1) is 0 Å². The molecule has 1 atom stereocenters. The number of amidine groups is 1. The lowest BCUT2D eigenvalue weighted by Gasteiger charge is -2.25. The van der Waals surface area contributed by atoms with Crippen LogP contribution < -0.4 is 0 Å². The minimum atomic E-state index is 0.146. The van der Waals surface area contributed by atoms with Crippen molar-refractivity contribution in [1.82, 2.24) is 14.9 Å². The SMILES string of the molecule is Cc1cc(C)c(C2CN3C(c4ccc(-c5ccccn5)nc4)=CC=CC3=N2)c(C)c1. The van der Waals surface area contributed by atoms with Crippen LogP contribution in [0.1, 0.15) is 33.9 Å². The van der Waals surface area contributed by atoms with Crippen LogP contribution in [0.15, 0.2) is 78.1 Å². The summed E-state index contributed by atoms with van der Waals surface area (Å²) in [5, 5.41) is 0. The monoisotopic (exact) mass is 392 g/mol. The lowest BCUT2D eigenvalue weighted by atomic mass is 9.94. The molecule has 0 fully saturated rings. The molecule has 5 rings (SSSR count). The van der Waals surface area contributed by atoms with Crippen molar-refractivity contribution in [2.75, 3.05) is 6.54 Å². The summed E-state index contributed by atoms with van der Waals surface area (Å²) >= 11 is 0. The number of rotatable bonds is 3. The van der Waals surface area contributed by atoms with Crippen molar-refractivity contribution in [3.63, 3.8) is 0 Å². The Morgan fingerprint density at radius 3 is 2.43 bits per heavy atom. The number of benzene rings is 1. The number of nitrogens with zero attached hydrogens (tertiary/aromatic N) is 4. The molecule has 1 aromatic carbocycles. The molecule has 0 radical (unpaired) electrons. The molecule has 148 valence electrons. The van der Waals surface area contributed by atoms with Gasteiger partial charge in [0.1, 0.15) is 5.84 Å². The second-order valence-electron chi connectivity index (χ2n) is 7.98. The first-order valence-electron chi connectivity index (χ1n) is 10.3. The van der Waals surface area contributed by atoms with Gasteiger partial charge >= 0.3 is 0 Å². The lowest BCUT2D eigenvalue weighted by molar-refractivity contribution is 0.566. The Morgan fingerprint density at radius 1 is 0.933 bits per heavy atom. The van der Waals surface area contributed by atoms with Crippen LogP contribution in [0.4, 0.5) is 0 Å². The smallest absolute Gasteiger partial charge is 0.128 e. The van der Waals surface area contributed by atoms with Gasteiger partial charge < -0.3 is 4.90 Å². The van der Waals surface area contributed by atoms with Crippen LogP contribution in [0.3, 0.4) is 0 Å². The van der Waals surface area contributed by atoms with Gasteiger partial charge in [0.05, 0.1) is 29.7 Å². The van der Waals surface area contributed by atoms with E-state index in [1.165, 1.54) is 22.3 Å². The van der Waals surface area contributed by atoms with Crippen molar-refractivity contribution in [1.29, 1.82) is 0 Å². The van der Waals surface area contributed by atoms with Crippen LogP contribution in [-0.2, 0) is 0 Å². The fourth-order valence-corrected chi connectivity index (χ4v) is 4.54. The molecule has 4 nitrogen and oxygen atoms in total. The van der Waals surface area contributed by atoms with Gasteiger partial charge in [0, 0.05) is 18.0 Å². The molecule has 0 saturated heterocycles. The van der Waals surface area contributed by atoms with Crippen LogP contribution in [0.25, 0.3) is 17.1 Å². The second-order valence-corrected chi connectivity index (χ2v) is 7.98. The number of pyridine rings is 2. The summed E-state index contributed by atoms with van der Waals surface area (Å²) in [6, 6.07) is 14.7. The van der Waals surface area contributed by atoms with Crippen LogP contribution in [0.5, 0.6) is 0 Å². The predicted molar refractivity (Wildman–Crippen MR) is 122 cm³/mol. The predicted octanol–water partition coefficient (Wildman–Crippen LogP) is 5.43. The first-order chi connectivity index (χ1) is 14.6. The van der Waals surface area contributed by atoms with Crippen molar-refractivity contribution in [2.45, 2.75) is 26.8 Å². The van der Waals surface area contributed by atoms with E-state index in [0.29, 0.717) is 0 Å². The minimum Gasteiger partial charge on any atom is -0.324 e. The van der Waals surface area contributed by atoms with Gasteiger partial charge in [-0.2, -0.15) is 0 Å². The third-order valence-corrected chi connectivity index (χ3v) is 5.77. The maximum atomic E-state index is 5.06. The Labute approximate surface area is 177 Å². The summed E-state index contributed by atoms with van der Waals surface area (Å²) < 4.78 is 0. The molecule has 0 spiro atoms. The van der Waals surface area contributed by atoms with E-state index in [9.17, 15) is 0 Å². The molecule has 2 aliphatic rings. The molecule has 4 heteroatoms. The van der Waals surface area contributed by atoms with E-state index >= 15 is 0 Å². The number of allylic oxidation sites excluding steroid dienone is 2. The van der Waals surface area contributed by atoms with Crippen molar-refractivity contribution < 1.29 is 0 Å². The lowest BCUT2D eigenvalue weighted by Crippen LogP contribution is -2.27. The normalized spacial score (nSPS) is 17.6. The number of hydrogen-bond acceptors (Lipinski definition) is 4. The second kappa shape index (κ2) is 7.38. The fraction of sp³-hybridized carbons (Fsp3) is 0.192. The molecule has 0 amide bonds. The maximum Gasteiger partial charge on any atom is 0.128 e. The Balaban J connectivity index is 1.44. The van der Waals surface area contributed by atoms with Crippen molar-refractivity contribution in [2.24, 2.45) is 4.99 Å². The van der Waals surface area contributed by atoms with E-state index in [0.717, 1.165) is 35.0 Å². The highest BCUT2D eigenvalue weighted by atomic mass is 15.3. The van der Waals surface area contributed by atoms with E-state index in [4.69, 9.17) is 4.99 Å². The molecule has 0 N–H and O–H groups in total. The highest BCUT2D eigenvalue weighted by Gasteiger charge is 2.30. The van der Waals surface area contributed by atoms with Gasteiger partial charge in [0.15, 0.2) is 0 Å². The van der Waals surface area contributed by atoms with Gasteiger partial charge in [-0.1, -0.05) is 29.8 Å². The van der Waals surface area contributed by atoms with Crippen molar-refractivity contribution in [3.05, 3.63) is 101 Å². The highest BCUT2D eigenvalue weighted by Crippen LogP contribution is 2.36. The summed E-state index contributed by atoms with van der Waals surface area (Å²) in [4.78, 5) is 16.4. The van der Waals surface area contributed by atoms with Crippen LogP contribution in [-0.4, -0.2) is 27.2 Å². The van der Waals surface area contributed by atoms with Crippen LogP contribution in [0.2, 0.25) is 0 Å². The number of aliphatic imine (C=N–C) groups is 1. The average molecular weight is 393 g/mol. The third-order valence-electron chi connectivity index (χ3n) is 5.77. The summed E-state index contributed by atoms with van der Waals surface area (Å²) in [7, 11) is 0. The first kappa shape index (κ1) is 18.5. The zero-order chi connectivity index (χ0) is 20.7. The number of aryl methyl sites for hydroxylation is 3. The zero-order valence-corrected chi connectivity index (χ0v) is 17.5. The molecule has 30 heavy (non-hydrogen) atoms. The first-order valence-corrected chi connectivity index (χ1v) is 10.3. The molecule has 1 unspecified atom stereocenters. The minimum absolute atomic E-state index is 0.146. The van der Waals surface area contributed by atoms with E-state index in [2.05, 4.69) is 72.1 Å². The standard InChI is InChI=1S/C26H24N4/c1-17-13-18(2)26(19(3)14-17)23-16-30-24(8-6-9-25(30)29-23)20-10-11-22(28-15-20)21-7-4-5-12-27-21/h4-15,23H,16H2,1-3H3. The average Bonchev–Trinajstić information content (AvgIpc) is 3.17. The van der Waals surface area contributed by atoms with E-state index < -0.39 is 0 Å². The maximum absolute atomic E-state index is 5.06. The summed E-state index contributed by atoms with van der Waals surface area (Å²) in [5.74, 6) is 1.02. The molecule has 4 heterocycles. The van der Waals surface area contributed by atoms with Gasteiger partial charge in [-0.25, -0.2) is 0 Å². The summed E-state index contributed by atoms with van der Waals surface area (Å²) in [6.45, 7) is 7.39. The quantitative estimate of drug-likeness (QED) is 0.596. The van der Waals surface area contributed by atoms with E-state index in [1.54, 1.807) is 6.20 Å². The zero-order valence-electron chi connectivity index (χ0n) is 17.5. The number of hydrogen-bond donors (Lipinski definition) is 0. The number of aromatic nitrogens is 2. The Bertz CT molecular complexity index is 1160. The molecule has 2 aromatic heterocycles. The van der Waals surface area contributed by atoms with Crippen LogP contribution >= 0.6 is 0 Å². The molecular formula is C26H24N4. The van der Waals surface area contributed by atoms with Crippen molar-refractivity contribution >= 4 is 11.5 Å². The largest absolute Gasteiger partial charge is 0.324 e. The third kappa shape index (κ3) is 3.24. The van der Waals surface area contributed by atoms with Gasteiger partial charge in [0.25, 0.3) is 0 Å². The van der Waals surface area contributed by atoms with Gasteiger partial charge in [-0.05, 0) is 73.9 Å². The summed E-state index contributed by atoms with van der Waals surface area (Å²) in [5.41, 5.74) is 9.28. The Morgan fingerprint density at radius 2 is 1.73 bits per heavy atom. The van der Waals surface area contributed by atoms with E-state index in [1.807, 2.05) is 30.5 Å². The molecular weight excluding hydrogens is 368 g/mol. The van der Waals surface area contributed by atoms with Crippen LogP contribution in [0, 0.1) is 20.8 Å². The topological polar surface area (TPSA) is 41.4 Å². The fourth-order valence-electron chi connectivity index (χ4n) is 4.54.